The van der Waals surface area contributed by atoms with Gasteiger partial charge in [-0.1, -0.05) is 36.4 Å². The molecule has 0 spiro atoms. The first-order valence-electron chi connectivity index (χ1n) is 7.75. The van der Waals surface area contributed by atoms with E-state index in [1.54, 1.807) is 6.07 Å². The molecule has 1 heterocycles. The van der Waals surface area contributed by atoms with Gasteiger partial charge in [0.05, 0.1) is 11.3 Å². The summed E-state index contributed by atoms with van der Waals surface area (Å²) < 4.78 is 39.1. The van der Waals surface area contributed by atoms with Gasteiger partial charge in [-0.15, -0.1) is 0 Å². The molecule has 0 unspecified atom stereocenters. The highest BCUT2D eigenvalue weighted by Crippen LogP contribution is 2.36. The monoisotopic (exact) mass is 353 g/mol. The van der Waals surface area contributed by atoms with E-state index >= 15 is 0 Å². The second kappa shape index (κ2) is 6.52. The van der Waals surface area contributed by atoms with Crippen LogP contribution in [-0.4, -0.2) is 4.98 Å². The summed E-state index contributed by atoms with van der Waals surface area (Å²) in [4.78, 5) is 4.27. The molecule has 3 rings (SSSR count). The fourth-order valence-electron chi connectivity index (χ4n) is 2.77. The third-order valence-electron chi connectivity index (χ3n) is 4.08. The number of rotatable bonds is 2. The van der Waals surface area contributed by atoms with Gasteiger partial charge in [-0.2, -0.15) is 18.4 Å². The van der Waals surface area contributed by atoms with Crippen LogP contribution in [0.2, 0.25) is 0 Å². The summed E-state index contributed by atoms with van der Waals surface area (Å²) in [5.74, 6) is -0.0133. The summed E-state index contributed by atoms with van der Waals surface area (Å²) in [6, 6.07) is 15.8. The number of benzene rings is 2. The minimum atomic E-state index is -4.47. The number of hydrogen-bond acceptors (Lipinski definition) is 3. The number of anilines is 1. The Labute approximate surface area is 148 Å². The van der Waals surface area contributed by atoms with E-state index in [0.29, 0.717) is 11.3 Å². The Kier molecular flexibility index (Phi) is 4.39. The van der Waals surface area contributed by atoms with E-state index in [2.05, 4.69) is 4.98 Å². The van der Waals surface area contributed by atoms with Crippen molar-refractivity contribution in [1.82, 2.24) is 4.98 Å². The first-order valence-corrected chi connectivity index (χ1v) is 7.75. The average Bonchev–Trinajstić information content (AvgIpc) is 2.61. The number of halogens is 3. The zero-order chi connectivity index (χ0) is 18.9. The average molecular weight is 353 g/mol. The third-order valence-corrected chi connectivity index (χ3v) is 4.08. The Balaban J connectivity index is 2.25. The van der Waals surface area contributed by atoms with Crippen molar-refractivity contribution >= 4 is 5.82 Å². The lowest BCUT2D eigenvalue weighted by molar-refractivity contribution is -0.137. The fourth-order valence-corrected chi connectivity index (χ4v) is 2.77. The van der Waals surface area contributed by atoms with Crippen LogP contribution < -0.4 is 5.73 Å². The third kappa shape index (κ3) is 3.24. The molecule has 0 saturated heterocycles. The zero-order valence-corrected chi connectivity index (χ0v) is 13.8. The van der Waals surface area contributed by atoms with Gasteiger partial charge in [0.15, 0.2) is 0 Å². The second-order valence-corrected chi connectivity index (χ2v) is 5.82. The number of nitrogen functional groups attached to an aromatic ring is 1. The predicted molar refractivity (Wildman–Crippen MR) is 94.0 cm³/mol. The lowest BCUT2D eigenvalue weighted by Crippen LogP contribution is -2.05. The number of aryl methyl sites for hydroxylation is 1. The topological polar surface area (TPSA) is 62.7 Å². The molecule has 130 valence electrons. The molecule has 0 fully saturated rings. The summed E-state index contributed by atoms with van der Waals surface area (Å²) in [6.45, 7) is 1.90. The molecule has 0 atom stereocenters. The SMILES string of the molecule is Cc1ccccc1-c1cc(-c2cccc(C(F)(F)F)c2)c(C#N)c(N)n1. The number of alkyl halides is 3. The molecule has 2 N–H and O–H groups in total. The van der Waals surface area contributed by atoms with Crippen LogP contribution in [0.3, 0.4) is 0 Å². The number of nitrogens with two attached hydrogens (primary N) is 1. The van der Waals surface area contributed by atoms with Gasteiger partial charge in [0, 0.05) is 11.1 Å². The summed E-state index contributed by atoms with van der Waals surface area (Å²) in [5.41, 5.74) is 8.04. The van der Waals surface area contributed by atoms with Crippen LogP contribution in [0.15, 0.2) is 54.6 Å². The van der Waals surface area contributed by atoms with Gasteiger partial charge in [-0.3, -0.25) is 0 Å². The number of pyridine rings is 1. The lowest BCUT2D eigenvalue weighted by atomic mass is 9.96. The number of aromatic nitrogens is 1. The minimum Gasteiger partial charge on any atom is -0.383 e. The normalized spacial score (nSPS) is 11.2. The molecular formula is C20H14F3N3. The first kappa shape index (κ1) is 17.5. The summed E-state index contributed by atoms with van der Waals surface area (Å²) in [6.07, 6.45) is -4.47. The van der Waals surface area contributed by atoms with Gasteiger partial charge >= 0.3 is 6.18 Å². The van der Waals surface area contributed by atoms with Crippen LogP contribution in [0, 0.1) is 18.3 Å². The Hall–Kier alpha value is -3.33. The van der Waals surface area contributed by atoms with E-state index in [-0.39, 0.29) is 16.9 Å². The van der Waals surface area contributed by atoms with E-state index in [1.807, 2.05) is 37.3 Å². The molecule has 1 aromatic heterocycles. The Morgan fingerprint density at radius 2 is 1.73 bits per heavy atom. The standard InChI is InChI=1S/C20H14F3N3/c1-12-5-2-3-8-15(12)18-10-16(17(11-24)19(25)26-18)13-6-4-7-14(9-13)20(21,22)23/h2-10H,1H3,(H2,25,26). The van der Waals surface area contributed by atoms with Gasteiger partial charge in [-0.25, -0.2) is 4.98 Å². The molecule has 0 radical (unpaired) electrons. The van der Waals surface area contributed by atoms with Gasteiger partial charge in [0.1, 0.15) is 17.5 Å². The largest absolute Gasteiger partial charge is 0.416 e. The van der Waals surface area contributed by atoms with Crippen LogP contribution in [0.1, 0.15) is 16.7 Å². The maximum Gasteiger partial charge on any atom is 0.416 e. The van der Waals surface area contributed by atoms with E-state index < -0.39 is 11.7 Å². The molecule has 0 bridgehead atoms. The molecule has 0 saturated carbocycles. The zero-order valence-electron chi connectivity index (χ0n) is 13.8. The van der Waals surface area contributed by atoms with Crippen molar-refractivity contribution in [2.45, 2.75) is 13.1 Å². The Morgan fingerprint density at radius 3 is 2.38 bits per heavy atom. The molecule has 0 amide bonds. The van der Waals surface area contributed by atoms with Crippen molar-refractivity contribution in [3.63, 3.8) is 0 Å². The van der Waals surface area contributed by atoms with Crippen LogP contribution in [0.4, 0.5) is 19.0 Å². The summed E-state index contributed by atoms with van der Waals surface area (Å²) in [7, 11) is 0. The van der Waals surface area contributed by atoms with Crippen molar-refractivity contribution in [1.29, 1.82) is 5.26 Å². The van der Waals surface area contributed by atoms with E-state index in [1.165, 1.54) is 12.1 Å². The molecule has 3 nitrogen and oxygen atoms in total. The highest BCUT2D eigenvalue weighted by Gasteiger charge is 2.30. The lowest BCUT2D eigenvalue weighted by Gasteiger charge is -2.13. The maximum absolute atomic E-state index is 13.0. The van der Waals surface area contributed by atoms with E-state index in [4.69, 9.17) is 5.73 Å². The molecule has 0 aliphatic heterocycles. The van der Waals surface area contributed by atoms with Gasteiger partial charge in [0.25, 0.3) is 0 Å². The number of nitrogens with zero attached hydrogens (tertiary/aromatic N) is 2. The van der Waals surface area contributed by atoms with E-state index in [0.717, 1.165) is 23.3 Å². The maximum atomic E-state index is 13.0. The number of hydrogen-bond donors (Lipinski definition) is 1. The molecular weight excluding hydrogens is 339 g/mol. The van der Waals surface area contributed by atoms with Gasteiger partial charge < -0.3 is 5.73 Å². The molecule has 26 heavy (non-hydrogen) atoms. The minimum absolute atomic E-state index is 0.0133. The van der Waals surface area contributed by atoms with Crippen LogP contribution in [0.25, 0.3) is 22.4 Å². The van der Waals surface area contributed by atoms with Crippen molar-refractivity contribution in [3.05, 3.63) is 71.3 Å². The molecule has 3 aromatic rings. The summed E-state index contributed by atoms with van der Waals surface area (Å²) in [5, 5.41) is 9.41. The van der Waals surface area contributed by atoms with E-state index in [9.17, 15) is 18.4 Å². The van der Waals surface area contributed by atoms with Crippen LogP contribution in [-0.2, 0) is 6.18 Å². The number of nitriles is 1. The predicted octanol–water partition coefficient (Wildman–Crippen LogP) is 5.20. The molecule has 2 aromatic carbocycles. The Bertz CT molecular complexity index is 1020. The molecule has 0 aliphatic carbocycles. The van der Waals surface area contributed by atoms with Crippen molar-refractivity contribution in [2.24, 2.45) is 0 Å². The quantitative estimate of drug-likeness (QED) is 0.689. The van der Waals surface area contributed by atoms with Crippen LogP contribution >= 0.6 is 0 Å². The highest BCUT2D eigenvalue weighted by atomic mass is 19.4. The summed E-state index contributed by atoms with van der Waals surface area (Å²) >= 11 is 0. The van der Waals surface area contributed by atoms with Gasteiger partial charge in [-0.05, 0) is 36.2 Å². The molecule has 6 heteroatoms. The molecule has 0 aliphatic rings. The van der Waals surface area contributed by atoms with Crippen molar-refractivity contribution < 1.29 is 13.2 Å². The Morgan fingerprint density at radius 1 is 1.00 bits per heavy atom. The van der Waals surface area contributed by atoms with Gasteiger partial charge in [0.2, 0.25) is 0 Å². The van der Waals surface area contributed by atoms with Crippen molar-refractivity contribution in [3.8, 4) is 28.5 Å². The highest BCUT2D eigenvalue weighted by molar-refractivity contribution is 5.81. The fraction of sp³-hybridized carbons (Fsp3) is 0.100. The first-order chi connectivity index (χ1) is 12.3. The smallest absolute Gasteiger partial charge is 0.383 e. The second-order valence-electron chi connectivity index (χ2n) is 5.82. The van der Waals surface area contributed by atoms with Crippen molar-refractivity contribution in [2.75, 3.05) is 5.73 Å². The van der Waals surface area contributed by atoms with Crippen LogP contribution in [0.5, 0.6) is 0 Å².